The number of ether oxygens (including phenoxy) is 1. The number of hydrogen-bond acceptors (Lipinski definition) is 3. The van der Waals surface area contributed by atoms with E-state index >= 15 is 0 Å². The van der Waals surface area contributed by atoms with Crippen LogP contribution in [0, 0.1) is 12.7 Å². The van der Waals surface area contributed by atoms with E-state index in [1.54, 1.807) is 31.2 Å². The summed E-state index contributed by atoms with van der Waals surface area (Å²) in [5, 5.41) is 2.62. The molecule has 0 unspecified atom stereocenters. The second kappa shape index (κ2) is 5.01. The van der Waals surface area contributed by atoms with Crippen LogP contribution in [-0.2, 0) is 4.79 Å². The van der Waals surface area contributed by atoms with Gasteiger partial charge in [0.2, 0.25) is 0 Å². The molecule has 0 spiro atoms. The van der Waals surface area contributed by atoms with Crippen molar-refractivity contribution >= 4 is 17.4 Å². The summed E-state index contributed by atoms with van der Waals surface area (Å²) in [6.07, 6.45) is 0. The van der Waals surface area contributed by atoms with Gasteiger partial charge in [-0.3, -0.25) is 9.59 Å². The van der Waals surface area contributed by atoms with Gasteiger partial charge in [0.25, 0.3) is 5.91 Å². The van der Waals surface area contributed by atoms with E-state index in [1.807, 2.05) is 0 Å². The molecule has 1 aliphatic heterocycles. The Hall–Kier alpha value is -2.69. The van der Waals surface area contributed by atoms with Crippen LogP contribution >= 0.6 is 0 Å². The minimum absolute atomic E-state index is 0.0120. The van der Waals surface area contributed by atoms with Gasteiger partial charge in [-0.2, -0.15) is 0 Å². The van der Waals surface area contributed by atoms with E-state index in [1.165, 1.54) is 12.1 Å². The van der Waals surface area contributed by atoms with Crippen molar-refractivity contribution in [2.24, 2.45) is 0 Å². The zero-order valence-corrected chi connectivity index (χ0v) is 11.3. The van der Waals surface area contributed by atoms with Crippen LogP contribution in [0.25, 0.3) is 0 Å². The molecule has 3 rings (SSSR count). The smallest absolute Gasteiger partial charge is 0.262 e. The molecule has 21 heavy (non-hydrogen) atoms. The summed E-state index contributed by atoms with van der Waals surface area (Å²) in [5.74, 6) is -0.746. The highest BCUT2D eigenvalue weighted by Crippen LogP contribution is 2.29. The van der Waals surface area contributed by atoms with Crippen molar-refractivity contribution in [2.45, 2.75) is 6.92 Å². The predicted molar refractivity (Wildman–Crippen MR) is 75.1 cm³/mol. The number of hydrogen-bond donors (Lipinski definition) is 1. The lowest BCUT2D eigenvalue weighted by Crippen LogP contribution is -2.25. The van der Waals surface area contributed by atoms with Gasteiger partial charge >= 0.3 is 0 Å². The molecule has 0 radical (unpaired) electrons. The topological polar surface area (TPSA) is 55.4 Å². The lowest BCUT2D eigenvalue weighted by Gasteiger charge is -2.18. The Morgan fingerprint density at radius 2 is 2.10 bits per heavy atom. The number of halogens is 1. The Morgan fingerprint density at radius 3 is 2.90 bits per heavy atom. The highest BCUT2D eigenvalue weighted by atomic mass is 19.1. The molecular weight excluding hydrogens is 273 g/mol. The first kappa shape index (κ1) is 13.3. The molecule has 1 amide bonds. The van der Waals surface area contributed by atoms with Crippen LogP contribution in [0.5, 0.6) is 5.75 Å². The summed E-state index contributed by atoms with van der Waals surface area (Å²) in [6, 6.07) is 9.33. The lowest BCUT2D eigenvalue weighted by molar-refractivity contribution is -0.118. The average Bonchev–Trinajstić information content (AvgIpc) is 2.48. The molecular formula is C16H12FNO3. The SMILES string of the molecule is Cc1cccc(C(=O)c2ccc3c(c2)NC(=O)CO3)c1F. The number of anilines is 1. The third kappa shape index (κ3) is 2.38. The molecule has 1 N–H and O–H groups in total. The van der Waals surface area contributed by atoms with Crippen LogP contribution in [0.4, 0.5) is 10.1 Å². The van der Waals surface area contributed by atoms with Gasteiger partial charge in [-0.15, -0.1) is 0 Å². The zero-order chi connectivity index (χ0) is 15.0. The summed E-state index contributed by atoms with van der Waals surface area (Å²) in [7, 11) is 0. The first-order chi connectivity index (χ1) is 10.1. The highest BCUT2D eigenvalue weighted by Gasteiger charge is 2.20. The molecule has 0 aromatic heterocycles. The molecule has 1 aliphatic rings. The molecule has 0 saturated heterocycles. The largest absolute Gasteiger partial charge is 0.482 e. The maximum atomic E-state index is 14.0. The van der Waals surface area contributed by atoms with Crippen LogP contribution in [-0.4, -0.2) is 18.3 Å². The summed E-state index contributed by atoms with van der Waals surface area (Å²) in [4.78, 5) is 23.7. The van der Waals surface area contributed by atoms with Crippen molar-refractivity contribution in [3.63, 3.8) is 0 Å². The number of amides is 1. The van der Waals surface area contributed by atoms with Gasteiger partial charge in [0.15, 0.2) is 12.4 Å². The standard InChI is InChI=1S/C16H12FNO3/c1-9-3-2-4-11(15(9)17)16(20)10-5-6-13-12(7-10)18-14(19)8-21-13/h2-7H,8H2,1H3,(H,18,19). The fourth-order valence-electron chi connectivity index (χ4n) is 2.20. The number of rotatable bonds is 2. The molecule has 1 heterocycles. The number of benzene rings is 2. The van der Waals surface area contributed by atoms with E-state index in [0.717, 1.165) is 0 Å². The van der Waals surface area contributed by atoms with Gasteiger partial charge < -0.3 is 10.1 Å². The van der Waals surface area contributed by atoms with Gasteiger partial charge in [-0.1, -0.05) is 12.1 Å². The summed E-state index contributed by atoms with van der Waals surface area (Å²) in [5.41, 5.74) is 1.14. The minimum Gasteiger partial charge on any atom is -0.482 e. The molecule has 2 aromatic rings. The van der Waals surface area contributed by atoms with E-state index in [9.17, 15) is 14.0 Å². The third-order valence-electron chi connectivity index (χ3n) is 3.31. The van der Waals surface area contributed by atoms with Crippen LogP contribution in [0.15, 0.2) is 36.4 Å². The van der Waals surface area contributed by atoms with Crippen LogP contribution in [0.2, 0.25) is 0 Å². The van der Waals surface area contributed by atoms with Crippen molar-refractivity contribution < 1.29 is 18.7 Å². The Morgan fingerprint density at radius 1 is 1.29 bits per heavy atom. The maximum absolute atomic E-state index is 14.0. The van der Waals surface area contributed by atoms with Crippen molar-refractivity contribution in [2.75, 3.05) is 11.9 Å². The van der Waals surface area contributed by atoms with Gasteiger partial charge in [0, 0.05) is 5.56 Å². The second-order valence-electron chi connectivity index (χ2n) is 4.81. The Balaban J connectivity index is 2.01. The van der Waals surface area contributed by atoms with E-state index in [0.29, 0.717) is 22.6 Å². The summed E-state index contributed by atoms with van der Waals surface area (Å²) in [6.45, 7) is 1.56. The van der Waals surface area contributed by atoms with Crippen molar-refractivity contribution in [1.82, 2.24) is 0 Å². The van der Waals surface area contributed by atoms with Crippen LogP contribution in [0.1, 0.15) is 21.5 Å². The van der Waals surface area contributed by atoms with Gasteiger partial charge in [-0.25, -0.2) is 4.39 Å². The Kier molecular flexibility index (Phi) is 3.17. The van der Waals surface area contributed by atoms with E-state index in [4.69, 9.17) is 4.74 Å². The molecule has 2 aromatic carbocycles. The predicted octanol–water partition coefficient (Wildman–Crippen LogP) is 2.70. The molecule has 0 bridgehead atoms. The molecule has 4 nitrogen and oxygen atoms in total. The quantitative estimate of drug-likeness (QED) is 0.863. The van der Waals surface area contributed by atoms with Gasteiger partial charge in [0.1, 0.15) is 11.6 Å². The summed E-state index contributed by atoms with van der Waals surface area (Å²) < 4.78 is 19.2. The van der Waals surface area contributed by atoms with E-state index in [2.05, 4.69) is 5.32 Å². The lowest BCUT2D eigenvalue weighted by atomic mass is 10.00. The Labute approximate surface area is 120 Å². The molecule has 0 saturated carbocycles. The van der Waals surface area contributed by atoms with E-state index in [-0.39, 0.29) is 18.1 Å². The van der Waals surface area contributed by atoms with Crippen molar-refractivity contribution in [1.29, 1.82) is 0 Å². The molecule has 0 fully saturated rings. The van der Waals surface area contributed by atoms with Gasteiger partial charge in [-0.05, 0) is 36.8 Å². The Bertz CT molecular complexity index is 755. The number of fused-ring (bicyclic) bond motifs is 1. The number of carbonyl (C=O) groups is 2. The first-order valence-corrected chi connectivity index (χ1v) is 6.43. The third-order valence-corrected chi connectivity index (χ3v) is 3.31. The second-order valence-corrected chi connectivity index (χ2v) is 4.81. The van der Waals surface area contributed by atoms with Crippen LogP contribution in [0.3, 0.4) is 0 Å². The maximum Gasteiger partial charge on any atom is 0.262 e. The first-order valence-electron chi connectivity index (χ1n) is 6.43. The highest BCUT2D eigenvalue weighted by molar-refractivity contribution is 6.10. The summed E-state index contributed by atoms with van der Waals surface area (Å²) >= 11 is 0. The van der Waals surface area contributed by atoms with Gasteiger partial charge in [0.05, 0.1) is 11.3 Å². The fraction of sp³-hybridized carbons (Fsp3) is 0.125. The van der Waals surface area contributed by atoms with Crippen molar-refractivity contribution in [3.05, 3.63) is 58.9 Å². The molecule has 106 valence electrons. The minimum atomic E-state index is -0.527. The normalized spacial score (nSPS) is 13.1. The van der Waals surface area contributed by atoms with Crippen LogP contribution < -0.4 is 10.1 Å². The van der Waals surface area contributed by atoms with E-state index < -0.39 is 11.6 Å². The number of carbonyl (C=O) groups excluding carboxylic acids is 2. The molecule has 0 aliphatic carbocycles. The molecule has 5 heteroatoms. The number of ketones is 1. The average molecular weight is 285 g/mol. The number of aryl methyl sites for hydroxylation is 1. The monoisotopic (exact) mass is 285 g/mol. The zero-order valence-electron chi connectivity index (χ0n) is 11.3. The van der Waals surface area contributed by atoms with Crippen molar-refractivity contribution in [3.8, 4) is 5.75 Å². The fourth-order valence-corrected chi connectivity index (χ4v) is 2.20. The number of nitrogens with one attached hydrogen (secondary N) is 1. The molecule has 0 atom stereocenters.